The second-order valence-electron chi connectivity index (χ2n) is 6.35. The predicted molar refractivity (Wildman–Crippen MR) is 63.2 cm³/mol. The van der Waals surface area contributed by atoms with Gasteiger partial charge in [0, 0.05) is 6.04 Å². The third-order valence-corrected chi connectivity index (χ3v) is 4.66. The van der Waals surface area contributed by atoms with Gasteiger partial charge in [-0.15, -0.1) is 0 Å². The van der Waals surface area contributed by atoms with E-state index in [0.717, 1.165) is 12.3 Å². The summed E-state index contributed by atoms with van der Waals surface area (Å²) in [6, 6.07) is 0.326. The van der Waals surface area contributed by atoms with Crippen molar-refractivity contribution in [2.24, 2.45) is 11.8 Å². The topological polar surface area (TPSA) is 49.4 Å². The molecule has 0 radical (unpaired) electrons. The lowest BCUT2D eigenvalue weighted by Crippen LogP contribution is -2.66. The number of carbonyl (C=O) groups is 2. The number of amides is 2. The van der Waals surface area contributed by atoms with Crippen LogP contribution in [0.15, 0.2) is 0 Å². The predicted octanol–water partition coefficient (Wildman–Crippen LogP) is 0.912. The van der Waals surface area contributed by atoms with Crippen molar-refractivity contribution in [1.82, 2.24) is 10.2 Å². The van der Waals surface area contributed by atoms with Gasteiger partial charge in [-0.1, -0.05) is 6.42 Å². The molecule has 2 saturated carbocycles. The van der Waals surface area contributed by atoms with Gasteiger partial charge in [0.05, 0.1) is 6.54 Å². The molecule has 0 aromatic heterocycles. The minimum absolute atomic E-state index is 0.0163. The van der Waals surface area contributed by atoms with Crippen molar-refractivity contribution >= 4 is 11.8 Å². The minimum atomic E-state index is -0.725. The van der Waals surface area contributed by atoms with Gasteiger partial charge in [-0.3, -0.25) is 9.59 Å². The Kier molecular flexibility index (Phi) is 2.25. The Morgan fingerprint density at radius 1 is 1.24 bits per heavy atom. The van der Waals surface area contributed by atoms with E-state index in [0.29, 0.717) is 12.0 Å². The van der Waals surface area contributed by atoms with E-state index in [4.69, 9.17) is 0 Å². The van der Waals surface area contributed by atoms with E-state index in [1.54, 1.807) is 13.8 Å². The van der Waals surface area contributed by atoms with E-state index in [-0.39, 0.29) is 18.4 Å². The fourth-order valence-electron chi connectivity index (χ4n) is 3.89. The lowest BCUT2D eigenvalue weighted by Gasteiger charge is -2.43. The molecule has 3 fully saturated rings. The highest BCUT2D eigenvalue weighted by Crippen LogP contribution is 2.47. The highest BCUT2D eigenvalue weighted by atomic mass is 16.2. The number of rotatable bonds is 1. The fraction of sp³-hybridized carbons (Fsp3) is 0.846. The Balaban J connectivity index is 1.82. The largest absolute Gasteiger partial charge is 0.341 e. The molecule has 3 atom stereocenters. The zero-order valence-corrected chi connectivity index (χ0v) is 10.5. The number of nitrogens with zero attached hydrogens (tertiary/aromatic N) is 1. The van der Waals surface area contributed by atoms with Crippen LogP contribution in [-0.2, 0) is 9.59 Å². The van der Waals surface area contributed by atoms with Gasteiger partial charge in [0.15, 0.2) is 0 Å². The molecule has 1 N–H and O–H groups in total. The van der Waals surface area contributed by atoms with Crippen molar-refractivity contribution in [2.75, 3.05) is 6.54 Å². The van der Waals surface area contributed by atoms with Gasteiger partial charge < -0.3 is 10.2 Å². The molecule has 4 heteroatoms. The quantitative estimate of drug-likeness (QED) is 0.735. The van der Waals surface area contributed by atoms with Gasteiger partial charge in [-0.25, -0.2) is 0 Å². The number of hydrogen-bond donors (Lipinski definition) is 1. The van der Waals surface area contributed by atoms with E-state index in [1.807, 2.05) is 4.90 Å². The van der Waals surface area contributed by atoms with Crippen molar-refractivity contribution in [3.05, 3.63) is 0 Å². The monoisotopic (exact) mass is 236 g/mol. The summed E-state index contributed by atoms with van der Waals surface area (Å²) < 4.78 is 0. The van der Waals surface area contributed by atoms with E-state index in [2.05, 4.69) is 5.32 Å². The lowest BCUT2D eigenvalue weighted by atomic mass is 9.90. The molecule has 3 unspecified atom stereocenters. The summed E-state index contributed by atoms with van der Waals surface area (Å²) in [6.45, 7) is 3.86. The summed E-state index contributed by atoms with van der Waals surface area (Å²) in [4.78, 5) is 25.9. The first-order valence-electron chi connectivity index (χ1n) is 6.59. The van der Waals surface area contributed by atoms with Gasteiger partial charge >= 0.3 is 0 Å². The molecule has 17 heavy (non-hydrogen) atoms. The molecule has 1 aliphatic heterocycles. The molecular formula is C13H20N2O2. The second-order valence-corrected chi connectivity index (χ2v) is 6.35. The number of hydrogen-bond acceptors (Lipinski definition) is 2. The maximum absolute atomic E-state index is 12.4. The zero-order valence-electron chi connectivity index (χ0n) is 10.5. The molecule has 3 aliphatic rings. The molecule has 3 rings (SSSR count). The molecule has 0 spiro atoms. The molecule has 2 aliphatic carbocycles. The summed E-state index contributed by atoms with van der Waals surface area (Å²) in [7, 11) is 0. The molecule has 4 nitrogen and oxygen atoms in total. The van der Waals surface area contributed by atoms with Crippen LogP contribution in [0.2, 0.25) is 0 Å². The van der Waals surface area contributed by atoms with Crippen LogP contribution >= 0.6 is 0 Å². The second kappa shape index (κ2) is 3.47. The molecule has 0 aromatic carbocycles. The van der Waals surface area contributed by atoms with Crippen LogP contribution in [0, 0.1) is 11.8 Å². The van der Waals surface area contributed by atoms with Gasteiger partial charge in [-0.2, -0.15) is 0 Å². The van der Waals surface area contributed by atoms with Gasteiger partial charge in [0.25, 0.3) is 0 Å². The first-order valence-corrected chi connectivity index (χ1v) is 6.59. The van der Waals surface area contributed by atoms with Crippen LogP contribution in [0.3, 0.4) is 0 Å². The van der Waals surface area contributed by atoms with E-state index in [9.17, 15) is 9.59 Å². The molecular weight excluding hydrogens is 216 g/mol. The number of nitrogens with one attached hydrogen (secondary N) is 1. The maximum atomic E-state index is 12.4. The molecule has 1 saturated heterocycles. The van der Waals surface area contributed by atoms with Crippen LogP contribution in [0.1, 0.15) is 39.5 Å². The van der Waals surface area contributed by atoms with Crippen LogP contribution < -0.4 is 5.32 Å². The van der Waals surface area contributed by atoms with Crippen LogP contribution in [0.4, 0.5) is 0 Å². The summed E-state index contributed by atoms with van der Waals surface area (Å²) in [5.74, 6) is 1.52. The summed E-state index contributed by atoms with van der Waals surface area (Å²) in [5.41, 5.74) is -0.725. The van der Waals surface area contributed by atoms with Gasteiger partial charge in [0.1, 0.15) is 5.54 Å². The van der Waals surface area contributed by atoms with E-state index in [1.165, 1.54) is 19.3 Å². The van der Waals surface area contributed by atoms with Crippen molar-refractivity contribution in [1.29, 1.82) is 0 Å². The average Bonchev–Trinajstić information content (AvgIpc) is 2.84. The van der Waals surface area contributed by atoms with Crippen LogP contribution in [0.5, 0.6) is 0 Å². The molecule has 94 valence electrons. The number of carbonyl (C=O) groups excluding carboxylic acids is 2. The number of piperazine rings is 1. The first-order chi connectivity index (χ1) is 7.97. The zero-order chi connectivity index (χ0) is 12.2. The highest BCUT2D eigenvalue weighted by Gasteiger charge is 2.48. The minimum Gasteiger partial charge on any atom is -0.341 e. The smallest absolute Gasteiger partial charge is 0.248 e. The fourth-order valence-corrected chi connectivity index (χ4v) is 3.89. The van der Waals surface area contributed by atoms with Crippen molar-refractivity contribution < 1.29 is 9.59 Å². The molecule has 1 heterocycles. The van der Waals surface area contributed by atoms with E-state index >= 15 is 0 Å². The SMILES string of the molecule is CC1(C)NC(=O)CN(C2CC3CCC2C3)C1=O. The lowest BCUT2D eigenvalue weighted by molar-refractivity contribution is -0.151. The van der Waals surface area contributed by atoms with Crippen molar-refractivity contribution in [3.8, 4) is 0 Å². The summed E-state index contributed by atoms with van der Waals surface area (Å²) in [5, 5.41) is 2.77. The Bertz CT molecular complexity index is 378. The number of fused-ring (bicyclic) bond motifs is 2. The van der Waals surface area contributed by atoms with Crippen molar-refractivity contribution in [2.45, 2.75) is 51.1 Å². The third-order valence-electron chi connectivity index (χ3n) is 4.66. The third kappa shape index (κ3) is 1.65. The Morgan fingerprint density at radius 2 is 2.00 bits per heavy atom. The molecule has 2 amide bonds. The van der Waals surface area contributed by atoms with E-state index < -0.39 is 5.54 Å². The van der Waals surface area contributed by atoms with Crippen molar-refractivity contribution in [3.63, 3.8) is 0 Å². The summed E-state index contributed by atoms with van der Waals surface area (Å²) in [6.07, 6.45) is 4.93. The molecule has 0 aromatic rings. The average molecular weight is 236 g/mol. The van der Waals surface area contributed by atoms with Gasteiger partial charge in [-0.05, 0) is 44.9 Å². The normalized spacial score (nSPS) is 39.6. The summed E-state index contributed by atoms with van der Waals surface area (Å²) >= 11 is 0. The highest BCUT2D eigenvalue weighted by molar-refractivity contribution is 5.97. The standard InChI is InChI=1S/C13H20N2O2/c1-13(2)12(17)15(7-11(16)14-13)10-6-8-3-4-9(10)5-8/h8-10H,3-7H2,1-2H3,(H,14,16). The van der Waals surface area contributed by atoms with Crippen LogP contribution in [0.25, 0.3) is 0 Å². The maximum Gasteiger partial charge on any atom is 0.248 e. The Hall–Kier alpha value is -1.06. The Morgan fingerprint density at radius 3 is 2.59 bits per heavy atom. The first kappa shape index (κ1) is 11.1. The van der Waals surface area contributed by atoms with Crippen LogP contribution in [-0.4, -0.2) is 34.8 Å². The molecule has 2 bridgehead atoms. The Labute approximate surface area is 102 Å². The van der Waals surface area contributed by atoms with Gasteiger partial charge in [0.2, 0.25) is 11.8 Å².